The van der Waals surface area contributed by atoms with Crippen LogP contribution in [0.4, 0.5) is 5.69 Å². The van der Waals surface area contributed by atoms with Crippen LogP contribution in [0.25, 0.3) is 5.31 Å². The standard InChI is InChI=1S/C24H31N4O2P/c1-16-11-20(17-5-7-27(8-6-17)9-10-29)15-28-23(30)13-22(31-24(16)28)18-3-4-21(26-2)19(12-18)14-25/h3-4,11-15,17,24-26,29,31H,5-10H2,1-2H3. The number of nitrogens with zero attached hydrogens (tertiary/aromatic N) is 2. The monoisotopic (exact) mass is 438 g/mol. The molecule has 6 nitrogen and oxygen atoms in total. The SMILES string of the molecule is CNc1ccc(C2=CC(=O)N3C=C(C4CCN(CCO)CC4)C=C(C)C3P2)cc1C=N. The molecule has 1 saturated heterocycles. The Morgan fingerprint density at radius 2 is 2.06 bits per heavy atom. The fourth-order valence-corrected chi connectivity index (χ4v) is 6.17. The highest BCUT2D eigenvalue weighted by Gasteiger charge is 2.33. The van der Waals surface area contributed by atoms with E-state index in [1.54, 1.807) is 6.08 Å². The number of piperidine rings is 1. The van der Waals surface area contributed by atoms with Gasteiger partial charge in [0.2, 0.25) is 0 Å². The number of carbonyl (C=O) groups excluding carboxylic acids is 1. The minimum absolute atomic E-state index is 0.0375. The number of aliphatic hydroxyl groups is 1. The van der Waals surface area contributed by atoms with Gasteiger partial charge in [-0.05, 0) is 72.9 Å². The molecule has 3 aliphatic rings. The molecule has 7 heteroatoms. The second-order valence-corrected chi connectivity index (χ2v) is 9.78. The van der Waals surface area contributed by atoms with Gasteiger partial charge in [0.25, 0.3) is 5.91 Å². The van der Waals surface area contributed by atoms with Gasteiger partial charge in [0.15, 0.2) is 0 Å². The van der Waals surface area contributed by atoms with Crippen LogP contribution in [0.1, 0.15) is 30.9 Å². The van der Waals surface area contributed by atoms with E-state index in [1.165, 1.54) is 17.4 Å². The van der Waals surface area contributed by atoms with Crippen molar-refractivity contribution in [3.05, 3.63) is 58.8 Å². The van der Waals surface area contributed by atoms with Crippen LogP contribution < -0.4 is 5.32 Å². The van der Waals surface area contributed by atoms with Gasteiger partial charge in [-0.2, -0.15) is 0 Å². The van der Waals surface area contributed by atoms with E-state index in [2.05, 4.69) is 29.4 Å². The molecule has 3 N–H and O–H groups in total. The number of carbonyl (C=O) groups is 1. The zero-order valence-electron chi connectivity index (χ0n) is 18.2. The minimum atomic E-state index is 0.0375. The number of β-amino-alcohol motifs (C(OH)–C–C–N with tert-alkyl or cyclic N) is 1. The summed E-state index contributed by atoms with van der Waals surface area (Å²) in [6.45, 7) is 5.09. The van der Waals surface area contributed by atoms with Crippen LogP contribution in [0.3, 0.4) is 0 Å². The highest BCUT2D eigenvalue weighted by molar-refractivity contribution is 7.51. The summed E-state index contributed by atoms with van der Waals surface area (Å²) in [5.41, 5.74) is 5.26. The molecule has 164 valence electrons. The molecular formula is C24H31N4O2P. The molecule has 0 saturated carbocycles. The van der Waals surface area contributed by atoms with Gasteiger partial charge in [0, 0.05) is 43.3 Å². The molecule has 2 atom stereocenters. The molecule has 0 bridgehead atoms. The number of hydrogen-bond donors (Lipinski definition) is 3. The van der Waals surface area contributed by atoms with E-state index >= 15 is 0 Å². The van der Waals surface area contributed by atoms with Crippen LogP contribution >= 0.6 is 8.58 Å². The Bertz CT molecular complexity index is 960. The van der Waals surface area contributed by atoms with Crippen molar-refractivity contribution >= 4 is 31.7 Å². The zero-order chi connectivity index (χ0) is 22.0. The number of allylic oxidation sites excluding steroid dienone is 2. The molecule has 3 aliphatic heterocycles. The lowest BCUT2D eigenvalue weighted by Gasteiger charge is -2.39. The fourth-order valence-electron chi connectivity index (χ4n) is 4.69. The number of benzene rings is 1. The van der Waals surface area contributed by atoms with Gasteiger partial charge in [0.1, 0.15) is 0 Å². The number of anilines is 1. The molecule has 4 rings (SSSR count). The Morgan fingerprint density at radius 3 is 2.74 bits per heavy atom. The van der Waals surface area contributed by atoms with Crippen molar-refractivity contribution in [3.63, 3.8) is 0 Å². The van der Waals surface area contributed by atoms with Crippen molar-refractivity contribution in [1.82, 2.24) is 9.80 Å². The summed E-state index contributed by atoms with van der Waals surface area (Å²) < 4.78 is 0. The summed E-state index contributed by atoms with van der Waals surface area (Å²) in [4.78, 5) is 17.3. The summed E-state index contributed by atoms with van der Waals surface area (Å²) in [6.07, 6.45) is 9.63. The molecule has 1 amide bonds. The Balaban J connectivity index is 1.54. The molecule has 1 aromatic carbocycles. The van der Waals surface area contributed by atoms with E-state index in [4.69, 9.17) is 10.5 Å². The molecule has 0 aliphatic carbocycles. The van der Waals surface area contributed by atoms with Crippen molar-refractivity contribution in [1.29, 1.82) is 5.41 Å². The topological polar surface area (TPSA) is 79.7 Å². The molecule has 0 aromatic heterocycles. The molecule has 3 heterocycles. The maximum Gasteiger partial charge on any atom is 0.252 e. The fraction of sp³-hybridized carbons (Fsp3) is 0.417. The van der Waals surface area contributed by atoms with Crippen LogP contribution in [-0.2, 0) is 4.79 Å². The number of fused-ring (bicyclic) bond motifs is 1. The molecule has 0 spiro atoms. The molecule has 1 fully saturated rings. The molecule has 1 aromatic rings. The quantitative estimate of drug-likeness (QED) is 0.470. The molecule has 0 radical (unpaired) electrons. The first kappa shape index (κ1) is 21.9. The van der Waals surface area contributed by atoms with Gasteiger partial charge in [-0.3, -0.25) is 4.79 Å². The van der Waals surface area contributed by atoms with Gasteiger partial charge < -0.3 is 25.6 Å². The van der Waals surface area contributed by atoms with Crippen LogP contribution in [0.5, 0.6) is 0 Å². The minimum Gasteiger partial charge on any atom is -0.395 e. The van der Waals surface area contributed by atoms with Crippen LogP contribution in [0.2, 0.25) is 0 Å². The van der Waals surface area contributed by atoms with E-state index in [0.717, 1.165) is 54.6 Å². The van der Waals surface area contributed by atoms with Crippen molar-refractivity contribution in [3.8, 4) is 0 Å². The molecule has 31 heavy (non-hydrogen) atoms. The lowest BCUT2D eigenvalue weighted by atomic mass is 9.87. The van der Waals surface area contributed by atoms with E-state index in [-0.39, 0.29) is 18.3 Å². The average Bonchev–Trinajstić information content (AvgIpc) is 2.79. The second kappa shape index (κ2) is 9.47. The van der Waals surface area contributed by atoms with Crippen molar-refractivity contribution in [2.45, 2.75) is 25.5 Å². The number of amides is 1. The average molecular weight is 439 g/mol. The largest absolute Gasteiger partial charge is 0.395 e. The molecular weight excluding hydrogens is 407 g/mol. The van der Waals surface area contributed by atoms with Gasteiger partial charge in [0.05, 0.1) is 12.4 Å². The molecule has 2 unspecified atom stereocenters. The van der Waals surface area contributed by atoms with Crippen LogP contribution in [0.15, 0.2) is 47.7 Å². The lowest BCUT2D eigenvalue weighted by molar-refractivity contribution is -0.123. The second-order valence-electron chi connectivity index (χ2n) is 8.40. The van der Waals surface area contributed by atoms with Gasteiger partial charge in [-0.1, -0.05) is 20.7 Å². The third-order valence-corrected chi connectivity index (χ3v) is 8.22. The summed E-state index contributed by atoms with van der Waals surface area (Å²) >= 11 is 0. The van der Waals surface area contributed by atoms with E-state index in [9.17, 15) is 4.79 Å². The summed E-state index contributed by atoms with van der Waals surface area (Å²) in [5, 5.41) is 21.0. The highest BCUT2D eigenvalue weighted by atomic mass is 31.1. The summed E-state index contributed by atoms with van der Waals surface area (Å²) in [6, 6.07) is 6.00. The highest BCUT2D eigenvalue weighted by Crippen LogP contribution is 2.48. The van der Waals surface area contributed by atoms with E-state index in [1.807, 2.05) is 30.1 Å². The van der Waals surface area contributed by atoms with E-state index < -0.39 is 0 Å². The van der Waals surface area contributed by atoms with Crippen molar-refractivity contribution in [2.24, 2.45) is 5.92 Å². The third kappa shape index (κ3) is 4.52. The van der Waals surface area contributed by atoms with Gasteiger partial charge >= 0.3 is 0 Å². The predicted octanol–water partition coefficient (Wildman–Crippen LogP) is 3.46. The Hall–Kier alpha value is -2.27. The number of nitrogens with one attached hydrogen (secondary N) is 2. The first-order valence-corrected chi connectivity index (χ1v) is 12.0. The van der Waals surface area contributed by atoms with Crippen molar-refractivity contribution in [2.75, 3.05) is 38.6 Å². The van der Waals surface area contributed by atoms with Gasteiger partial charge in [-0.25, -0.2) is 0 Å². The number of rotatable bonds is 6. The van der Waals surface area contributed by atoms with Crippen LogP contribution in [-0.4, -0.2) is 66.1 Å². The summed E-state index contributed by atoms with van der Waals surface area (Å²) in [5.74, 6) is 0.588. The number of hydrogen-bond acceptors (Lipinski definition) is 5. The van der Waals surface area contributed by atoms with E-state index in [0.29, 0.717) is 14.5 Å². The first-order chi connectivity index (χ1) is 15.0. The maximum absolute atomic E-state index is 13.1. The Kier molecular flexibility index (Phi) is 6.71. The number of aliphatic hydroxyl groups excluding tert-OH is 1. The lowest BCUT2D eigenvalue weighted by Crippen LogP contribution is -2.40. The van der Waals surface area contributed by atoms with Crippen molar-refractivity contribution < 1.29 is 9.90 Å². The Morgan fingerprint density at radius 1 is 1.29 bits per heavy atom. The van der Waals surface area contributed by atoms with Crippen LogP contribution in [0, 0.1) is 11.3 Å². The smallest absolute Gasteiger partial charge is 0.252 e. The summed E-state index contributed by atoms with van der Waals surface area (Å²) in [7, 11) is 2.33. The normalized spacial score (nSPS) is 23.2. The third-order valence-electron chi connectivity index (χ3n) is 6.47. The number of likely N-dealkylation sites (tertiary alicyclic amines) is 1. The predicted molar refractivity (Wildman–Crippen MR) is 129 cm³/mol. The maximum atomic E-state index is 13.1. The van der Waals surface area contributed by atoms with Gasteiger partial charge in [-0.15, -0.1) is 0 Å². The zero-order valence-corrected chi connectivity index (χ0v) is 19.2. The first-order valence-electron chi connectivity index (χ1n) is 10.9. The Labute approximate surface area is 186 Å².